The summed E-state index contributed by atoms with van der Waals surface area (Å²) in [5.41, 5.74) is 3.86. The van der Waals surface area contributed by atoms with Crippen molar-refractivity contribution in [3.8, 4) is 5.75 Å². The normalized spacial score (nSPS) is 17.6. The van der Waals surface area contributed by atoms with Crippen molar-refractivity contribution in [2.75, 3.05) is 20.3 Å². The molecule has 1 fully saturated rings. The second-order valence-corrected chi connectivity index (χ2v) is 9.78. The molecule has 3 atom stereocenters. The number of carbonyl (C=O) groups is 3. The number of aryl methyl sites for hydroxylation is 1. The highest BCUT2D eigenvalue weighted by Gasteiger charge is 2.50. The Kier molecular flexibility index (Phi) is 11.7. The van der Waals surface area contributed by atoms with Crippen molar-refractivity contribution in [2.45, 2.75) is 58.2 Å². The standard InChI is InChI=1S/C21H32N4O5.C7H8/c1-13(2)9-16(19(27)21(3)12-30-21)24-18(26)11-23-20(28)17(25-22)10-14-5-7-15(29-4)8-6-14;1-7-5-3-2-4-6-7/h5-8,13,16-17,25H,9-12,22H2,1-4H3,(H,23,28)(H,24,26);2-6H,1H3/t16?,17-,21+;/m0./s1. The number of benzene rings is 2. The Morgan fingerprint density at radius 3 is 2.14 bits per heavy atom. The van der Waals surface area contributed by atoms with Gasteiger partial charge in [-0.2, -0.15) is 0 Å². The summed E-state index contributed by atoms with van der Waals surface area (Å²) in [4.78, 5) is 37.4. The summed E-state index contributed by atoms with van der Waals surface area (Å²) in [7, 11) is 1.58. The number of epoxide rings is 1. The van der Waals surface area contributed by atoms with Crippen molar-refractivity contribution < 1.29 is 23.9 Å². The van der Waals surface area contributed by atoms with Gasteiger partial charge in [0.25, 0.3) is 0 Å². The molecule has 1 saturated heterocycles. The third-order valence-electron chi connectivity index (χ3n) is 5.94. The topological polar surface area (TPSA) is 135 Å². The van der Waals surface area contributed by atoms with Gasteiger partial charge in [-0.3, -0.25) is 20.2 Å². The van der Waals surface area contributed by atoms with Crippen molar-refractivity contribution in [3.05, 3.63) is 65.7 Å². The van der Waals surface area contributed by atoms with Gasteiger partial charge < -0.3 is 20.1 Å². The average Bonchev–Trinajstić information content (AvgIpc) is 3.64. The molecule has 9 nitrogen and oxygen atoms in total. The van der Waals surface area contributed by atoms with Gasteiger partial charge in [-0.15, -0.1) is 0 Å². The fourth-order valence-corrected chi connectivity index (χ4v) is 3.62. The minimum absolute atomic E-state index is 0.142. The van der Waals surface area contributed by atoms with Gasteiger partial charge >= 0.3 is 0 Å². The summed E-state index contributed by atoms with van der Waals surface area (Å²) >= 11 is 0. The predicted octanol–water partition coefficient (Wildman–Crippen LogP) is 2.07. The molecule has 0 spiro atoms. The molecule has 9 heteroatoms. The molecule has 0 aliphatic carbocycles. The quantitative estimate of drug-likeness (QED) is 0.194. The lowest BCUT2D eigenvalue weighted by molar-refractivity contribution is -0.131. The number of methoxy groups -OCH3 is 1. The highest BCUT2D eigenvalue weighted by Crippen LogP contribution is 2.29. The Balaban J connectivity index is 0.000000591. The van der Waals surface area contributed by atoms with E-state index in [2.05, 4.69) is 35.1 Å². The minimum atomic E-state index is -0.816. The number of amides is 2. The molecule has 0 aromatic heterocycles. The second kappa shape index (κ2) is 14.5. The van der Waals surface area contributed by atoms with E-state index in [0.29, 0.717) is 25.2 Å². The molecule has 0 saturated carbocycles. The van der Waals surface area contributed by atoms with Crippen LogP contribution in [0, 0.1) is 12.8 Å². The van der Waals surface area contributed by atoms with E-state index in [4.69, 9.17) is 15.3 Å². The van der Waals surface area contributed by atoms with Crippen LogP contribution in [0.4, 0.5) is 0 Å². The zero-order chi connectivity index (χ0) is 27.4. The van der Waals surface area contributed by atoms with Crippen molar-refractivity contribution in [1.29, 1.82) is 0 Å². The monoisotopic (exact) mass is 512 g/mol. The van der Waals surface area contributed by atoms with E-state index in [9.17, 15) is 14.4 Å². The number of hydrogen-bond acceptors (Lipinski definition) is 7. The van der Waals surface area contributed by atoms with Gasteiger partial charge in [0.2, 0.25) is 11.8 Å². The number of hydrogen-bond donors (Lipinski definition) is 4. The van der Waals surface area contributed by atoms with E-state index < -0.39 is 29.5 Å². The Labute approximate surface area is 219 Å². The predicted molar refractivity (Wildman–Crippen MR) is 143 cm³/mol. The van der Waals surface area contributed by atoms with E-state index in [1.165, 1.54) is 5.56 Å². The minimum Gasteiger partial charge on any atom is -0.497 e. The van der Waals surface area contributed by atoms with E-state index in [0.717, 1.165) is 5.56 Å². The highest BCUT2D eigenvalue weighted by molar-refractivity contribution is 5.97. The van der Waals surface area contributed by atoms with Crippen LogP contribution in [0.3, 0.4) is 0 Å². The van der Waals surface area contributed by atoms with E-state index in [-0.39, 0.29) is 18.2 Å². The summed E-state index contributed by atoms with van der Waals surface area (Å²) in [6, 6.07) is 16.2. The lowest BCUT2D eigenvalue weighted by Gasteiger charge is -2.22. The van der Waals surface area contributed by atoms with Crippen molar-refractivity contribution in [2.24, 2.45) is 11.8 Å². The van der Waals surface area contributed by atoms with Crippen LogP contribution in [0.15, 0.2) is 54.6 Å². The SMILES string of the molecule is COc1ccc(C[C@H](NN)C(=O)NCC(=O)NC(CC(C)C)C(=O)[C@@]2(C)CO2)cc1.Cc1ccccc1. The van der Waals surface area contributed by atoms with Gasteiger partial charge in [0, 0.05) is 0 Å². The molecule has 1 aliphatic heterocycles. The van der Waals surface area contributed by atoms with Gasteiger partial charge in [-0.25, -0.2) is 5.43 Å². The second-order valence-electron chi connectivity index (χ2n) is 9.78. The largest absolute Gasteiger partial charge is 0.497 e. The van der Waals surface area contributed by atoms with Gasteiger partial charge in [-0.05, 0) is 50.3 Å². The van der Waals surface area contributed by atoms with Crippen LogP contribution in [-0.4, -0.2) is 55.5 Å². The van der Waals surface area contributed by atoms with Crippen LogP contribution in [0.1, 0.15) is 38.3 Å². The lowest BCUT2D eigenvalue weighted by Crippen LogP contribution is -2.53. The van der Waals surface area contributed by atoms with Crippen molar-refractivity contribution in [3.63, 3.8) is 0 Å². The highest BCUT2D eigenvalue weighted by atomic mass is 16.6. The van der Waals surface area contributed by atoms with E-state index >= 15 is 0 Å². The first kappa shape index (κ1) is 30.0. The summed E-state index contributed by atoms with van der Waals surface area (Å²) in [5.74, 6) is 5.46. The number of carbonyl (C=O) groups excluding carboxylic acids is 3. The van der Waals surface area contributed by atoms with Crippen LogP contribution in [-0.2, 0) is 25.5 Å². The summed E-state index contributed by atoms with van der Waals surface area (Å²) in [6.07, 6.45) is 0.847. The summed E-state index contributed by atoms with van der Waals surface area (Å²) in [6.45, 7) is 7.86. The van der Waals surface area contributed by atoms with Gasteiger partial charge in [0.1, 0.15) is 17.4 Å². The molecule has 3 rings (SSSR count). The molecular weight excluding hydrogens is 472 g/mol. The smallest absolute Gasteiger partial charge is 0.239 e. The van der Waals surface area contributed by atoms with Crippen LogP contribution in [0.25, 0.3) is 0 Å². The maximum Gasteiger partial charge on any atom is 0.239 e. The third-order valence-corrected chi connectivity index (χ3v) is 5.94. The Bertz CT molecular complexity index is 1010. The number of ketones is 1. The maximum absolute atomic E-state index is 12.6. The first-order valence-corrected chi connectivity index (χ1v) is 12.4. The maximum atomic E-state index is 12.6. The van der Waals surface area contributed by atoms with Crippen LogP contribution < -0.4 is 26.6 Å². The molecule has 0 bridgehead atoms. The Hall–Kier alpha value is -3.27. The number of hydrazine groups is 1. The Morgan fingerprint density at radius 1 is 1.05 bits per heavy atom. The molecule has 37 heavy (non-hydrogen) atoms. The van der Waals surface area contributed by atoms with Crippen molar-refractivity contribution in [1.82, 2.24) is 16.1 Å². The lowest BCUT2D eigenvalue weighted by atomic mass is 9.93. The number of rotatable bonds is 12. The molecule has 5 N–H and O–H groups in total. The number of nitrogens with one attached hydrogen (secondary N) is 3. The molecule has 1 unspecified atom stereocenters. The van der Waals surface area contributed by atoms with Gasteiger partial charge in [0.15, 0.2) is 5.78 Å². The van der Waals surface area contributed by atoms with Gasteiger partial charge in [-0.1, -0.05) is 61.9 Å². The molecule has 2 amide bonds. The molecule has 202 valence electrons. The van der Waals surface area contributed by atoms with Crippen LogP contribution in [0.2, 0.25) is 0 Å². The summed E-state index contributed by atoms with van der Waals surface area (Å²) < 4.78 is 10.3. The van der Waals surface area contributed by atoms with Crippen molar-refractivity contribution >= 4 is 17.6 Å². The first-order chi connectivity index (χ1) is 17.6. The third kappa shape index (κ3) is 10.3. The number of nitrogens with two attached hydrogens (primary N) is 1. The zero-order valence-electron chi connectivity index (χ0n) is 22.4. The molecule has 2 aromatic carbocycles. The fraction of sp³-hybridized carbons (Fsp3) is 0.464. The molecule has 0 radical (unpaired) electrons. The average molecular weight is 513 g/mol. The Morgan fingerprint density at radius 2 is 1.68 bits per heavy atom. The number of ether oxygens (including phenoxy) is 2. The van der Waals surface area contributed by atoms with Crippen LogP contribution in [0.5, 0.6) is 5.75 Å². The van der Waals surface area contributed by atoms with Crippen LogP contribution >= 0.6 is 0 Å². The fourth-order valence-electron chi connectivity index (χ4n) is 3.62. The van der Waals surface area contributed by atoms with E-state index in [1.807, 2.05) is 44.2 Å². The molecule has 2 aromatic rings. The van der Waals surface area contributed by atoms with Gasteiger partial charge in [0.05, 0.1) is 26.3 Å². The first-order valence-electron chi connectivity index (χ1n) is 12.4. The zero-order valence-corrected chi connectivity index (χ0v) is 22.4. The summed E-state index contributed by atoms with van der Waals surface area (Å²) in [5, 5.41) is 5.29. The molecule has 1 aliphatic rings. The number of Topliss-reactive ketones (excluding diaryl/α,β-unsaturated/α-hetero) is 1. The van der Waals surface area contributed by atoms with E-state index in [1.54, 1.807) is 26.2 Å². The molecule has 1 heterocycles. The molecular formula is C28H40N4O5.